The summed E-state index contributed by atoms with van der Waals surface area (Å²) in [4.78, 5) is 4.72. The summed E-state index contributed by atoms with van der Waals surface area (Å²) in [6.45, 7) is 1.11. The molecule has 16 heavy (non-hydrogen) atoms. The Morgan fingerprint density at radius 2 is 2.38 bits per heavy atom. The lowest BCUT2D eigenvalue weighted by Crippen LogP contribution is -2.16. The fraction of sp³-hybridized carbons (Fsp3) is 0.417. The third-order valence-corrected chi connectivity index (χ3v) is 3.74. The van der Waals surface area contributed by atoms with E-state index < -0.39 is 0 Å². The number of hydrogen-bond donors (Lipinski definition) is 1. The molecule has 1 unspecified atom stereocenters. The van der Waals surface area contributed by atoms with Crippen molar-refractivity contribution in [3.8, 4) is 0 Å². The summed E-state index contributed by atoms with van der Waals surface area (Å²) in [7, 11) is 2.09. The third kappa shape index (κ3) is 1.57. The van der Waals surface area contributed by atoms with Crippen molar-refractivity contribution in [2.24, 2.45) is 7.05 Å². The quantitative estimate of drug-likeness (QED) is 0.870. The van der Waals surface area contributed by atoms with E-state index in [1.807, 2.05) is 6.07 Å². The van der Waals surface area contributed by atoms with Gasteiger partial charge in [-0.2, -0.15) is 0 Å². The normalized spacial score (nSPS) is 20.8. The Hall–Kier alpha value is -0.870. The van der Waals surface area contributed by atoms with Crippen molar-refractivity contribution in [2.75, 3.05) is 6.54 Å². The summed E-state index contributed by atoms with van der Waals surface area (Å²) in [6.07, 6.45) is 2.44. The van der Waals surface area contributed by atoms with Gasteiger partial charge in [0.25, 0.3) is 0 Å². The van der Waals surface area contributed by atoms with E-state index in [-0.39, 0.29) is 0 Å². The van der Waals surface area contributed by atoms with Crippen LogP contribution in [0.5, 0.6) is 0 Å². The van der Waals surface area contributed by atoms with Gasteiger partial charge in [-0.3, -0.25) is 0 Å². The number of rotatable bonds is 1. The highest BCUT2D eigenvalue weighted by Gasteiger charge is 2.21. The Kier molecular flexibility index (Phi) is 2.48. The van der Waals surface area contributed by atoms with E-state index in [0.717, 1.165) is 22.4 Å². The summed E-state index contributed by atoms with van der Waals surface area (Å²) < 4.78 is 3.30. The van der Waals surface area contributed by atoms with Crippen molar-refractivity contribution in [3.05, 3.63) is 28.5 Å². The molecular weight excluding hydrogens is 266 g/mol. The number of fused-ring (bicyclic) bond motifs is 1. The number of imidazole rings is 1. The smallest absolute Gasteiger partial charge is 0.126 e. The van der Waals surface area contributed by atoms with E-state index in [9.17, 15) is 0 Å². The summed E-state index contributed by atoms with van der Waals surface area (Å²) in [5, 5.41) is 3.49. The number of nitrogens with zero attached hydrogens (tertiary/aromatic N) is 2. The second-order valence-corrected chi connectivity index (χ2v) is 5.23. The second kappa shape index (κ2) is 3.86. The van der Waals surface area contributed by atoms with Crippen LogP contribution in [0.15, 0.2) is 22.7 Å². The van der Waals surface area contributed by atoms with Crippen molar-refractivity contribution in [1.82, 2.24) is 14.9 Å². The molecule has 0 amide bonds. The average molecular weight is 280 g/mol. The molecule has 1 aliphatic rings. The van der Waals surface area contributed by atoms with Crippen LogP contribution in [-0.2, 0) is 7.05 Å². The van der Waals surface area contributed by atoms with Gasteiger partial charge in [0.2, 0.25) is 0 Å². The van der Waals surface area contributed by atoms with Gasteiger partial charge in [-0.15, -0.1) is 0 Å². The molecule has 2 aromatic rings. The lowest BCUT2D eigenvalue weighted by atomic mass is 10.2. The Bertz CT molecular complexity index is 526. The molecule has 3 rings (SSSR count). The Morgan fingerprint density at radius 3 is 3.12 bits per heavy atom. The molecule has 0 radical (unpaired) electrons. The van der Waals surface area contributed by atoms with Crippen LogP contribution in [0.2, 0.25) is 0 Å². The van der Waals surface area contributed by atoms with E-state index in [1.54, 1.807) is 0 Å². The molecule has 84 valence electrons. The van der Waals surface area contributed by atoms with Gasteiger partial charge in [0, 0.05) is 11.5 Å². The minimum Gasteiger partial charge on any atom is -0.330 e. The number of aromatic nitrogens is 2. The fourth-order valence-corrected chi connectivity index (χ4v) is 2.75. The second-order valence-electron chi connectivity index (χ2n) is 4.31. The molecule has 0 spiro atoms. The maximum absolute atomic E-state index is 4.72. The minimum absolute atomic E-state index is 0.427. The lowest BCUT2D eigenvalue weighted by molar-refractivity contribution is 0.584. The number of halogens is 1. The zero-order valence-electron chi connectivity index (χ0n) is 9.20. The fourth-order valence-electron chi connectivity index (χ4n) is 2.40. The van der Waals surface area contributed by atoms with Crippen LogP contribution in [0.3, 0.4) is 0 Å². The molecule has 1 aliphatic heterocycles. The molecule has 0 saturated carbocycles. The number of hydrogen-bond acceptors (Lipinski definition) is 2. The van der Waals surface area contributed by atoms with E-state index >= 15 is 0 Å². The van der Waals surface area contributed by atoms with Crippen molar-refractivity contribution < 1.29 is 0 Å². The molecule has 4 heteroatoms. The van der Waals surface area contributed by atoms with Crippen LogP contribution in [0.1, 0.15) is 24.7 Å². The highest BCUT2D eigenvalue weighted by molar-refractivity contribution is 9.10. The summed E-state index contributed by atoms with van der Waals surface area (Å²) in [5.74, 6) is 1.16. The predicted octanol–water partition coefficient (Wildman–Crippen LogP) is 2.76. The van der Waals surface area contributed by atoms with Gasteiger partial charge in [-0.1, -0.05) is 15.9 Å². The van der Waals surface area contributed by atoms with Gasteiger partial charge in [-0.25, -0.2) is 4.98 Å². The standard InChI is InChI=1S/C12H14BrN3/c1-16-11-7-8(13)4-5-9(11)15-12(16)10-3-2-6-14-10/h4-5,7,10,14H,2-3,6H2,1H3. The molecule has 1 saturated heterocycles. The van der Waals surface area contributed by atoms with Crippen LogP contribution in [0, 0.1) is 0 Å². The molecule has 1 N–H and O–H groups in total. The SMILES string of the molecule is Cn1c(C2CCCN2)nc2ccc(Br)cc21. The zero-order valence-corrected chi connectivity index (χ0v) is 10.8. The molecular formula is C12H14BrN3. The Labute approximate surface area is 103 Å². The molecule has 0 bridgehead atoms. The molecule has 1 aromatic carbocycles. The summed E-state index contributed by atoms with van der Waals surface area (Å²) in [6, 6.07) is 6.66. The molecule has 3 nitrogen and oxygen atoms in total. The van der Waals surface area contributed by atoms with Crippen LogP contribution in [0.25, 0.3) is 11.0 Å². The van der Waals surface area contributed by atoms with E-state index in [0.29, 0.717) is 6.04 Å². The zero-order chi connectivity index (χ0) is 11.1. The van der Waals surface area contributed by atoms with Crippen molar-refractivity contribution in [2.45, 2.75) is 18.9 Å². The monoisotopic (exact) mass is 279 g/mol. The highest BCUT2D eigenvalue weighted by Crippen LogP contribution is 2.26. The number of aryl methyl sites for hydroxylation is 1. The highest BCUT2D eigenvalue weighted by atomic mass is 79.9. The van der Waals surface area contributed by atoms with Gasteiger partial charge in [0.1, 0.15) is 5.82 Å². The van der Waals surface area contributed by atoms with Gasteiger partial charge in [0.15, 0.2) is 0 Å². The number of nitrogens with one attached hydrogen (secondary N) is 1. The van der Waals surface area contributed by atoms with Crippen LogP contribution in [-0.4, -0.2) is 16.1 Å². The molecule has 0 aliphatic carbocycles. The van der Waals surface area contributed by atoms with Crippen LogP contribution < -0.4 is 5.32 Å². The first-order valence-corrected chi connectivity index (χ1v) is 6.40. The van der Waals surface area contributed by atoms with Crippen molar-refractivity contribution >= 4 is 27.0 Å². The minimum atomic E-state index is 0.427. The summed E-state index contributed by atoms with van der Waals surface area (Å²) >= 11 is 3.50. The van der Waals surface area contributed by atoms with Gasteiger partial charge in [-0.05, 0) is 37.6 Å². The summed E-state index contributed by atoms with van der Waals surface area (Å²) in [5.41, 5.74) is 2.27. The van der Waals surface area contributed by atoms with E-state index in [4.69, 9.17) is 4.98 Å². The van der Waals surface area contributed by atoms with Crippen molar-refractivity contribution in [3.63, 3.8) is 0 Å². The van der Waals surface area contributed by atoms with E-state index in [2.05, 4.69) is 45.0 Å². The topological polar surface area (TPSA) is 29.9 Å². The Balaban J connectivity index is 2.15. The van der Waals surface area contributed by atoms with Gasteiger partial charge < -0.3 is 9.88 Å². The third-order valence-electron chi connectivity index (χ3n) is 3.25. The first-order chi connectivity index (χ1) is 7.75. The predicted molar refractivity (Wildman–Crippen MR) is 68.4 cm³/mol. The Morgan fingerprint density at radius 1 is 1.50 bits per heavy atom. The lowest BCUT2D eigenvalue weighted by Gasteiger charge is -2.09. The first kappa shape index (κ1) is 10.3. The van der Waals surface area contributed by atoms with Crippen molar-refractivity contribution in [1.29, 1.82) is 0 Å². The van der Waals surface area contributed by atoms with Crippen LogP contribution in [0.4, 0.5) is 0 Å². The van der Waals surface area contributed by atoms with E-state index in [1.165, 1.54) is 18.4 Å². The van der Waals surface area contributed by atoms with Crippen LogP contribution >= 0.6 is 15.9 Å². The molecule has 1 atom stereocenters. The van der Waals surface area contributed by atoms with Gasteiger partial charge in [0.05, 0.1) is 17.1 Å². The molecule has 1 aromatic heterocycles. The average Bonchev–Trinajstić information content (AvgIpc) is 2.87. The number of benzene rings is 1. The molecule has 1 fully saturated rings. The van der Waals surface area contributed by atoms with Gasteiger partial charge >= 0.3 is 0 Å². The maximum Gasteiger partial charge on any atom is 0.126 e. The maximum atomic E-state index is 4.72. The largest absolute Gasteiger partial charge is 0.330 e. The first-order valence-electron chi connectivity index (χ1n) is 5.61. The molecule has 2 heterocycles.